The summed E-state index contributed by atoms with van der Waals surface area (Å²) in [5.41, 5.74) is 5.04. The summed E-state index contributed by atoms with van der Waals surface area (Å²) in [4.78, 5) is 28.1. The second kappa shape index (κ2) is 12.2. The van der Waals surface area contributed by atoms with Gasteiger partial charge >= 0.3 is 0 Å². The number of rotatable bonds is 11. The molecule has 0 unspecified atom stereocenters. The minimum Gasteiger partial charge on any atom is -0.273 e. The zero-order valence-electron chi connectivity index (χ0n) is 16.2. The van der Waals surface area contributed by atoms with E-state index in [1.165, 1.54) is 9.75 Å². The van der Waals surface area contributed by atoms with E-state index in [9.17, 15) is 9.59 Å². The smallest absolute Gasteiger partial charge is 0.240 e. The number of aryl methyl sites for hydroxylation is 2. The van der Waals surface area contributed by atoms with Gasteiger partial charge in [0, 0.05) is 32.4 Å². The van der Waals surface area contributed by atoms with Crippen molar-refractivity contribution in [3.05, 3.63) is 43.8 Å². The zero-order valence-corrected chi connectivity index (χ0v) is 17.9. The molecule has 0 saturated carbocycles. The Bertz CT molecular complexity index is 756. The Morgan fingerprint density at radius 2 is 1.25 bits per heavy atom. The van der Waals surface area contributed by atoms with Crippen LogP contribution in [0.5, 0.6) is 0 Å². The van der Waals surface area contributed by atoms with Gasteiger partial charge in [0.25, 0.3) is 0 Å². The van der Waals surface area contributed by atoms with Crippen molar-refractivity contribution in [3.8, 4) is 0 Å². The lowest BCUT2D eigenvalue weighted by molar-refractivity contribution is -0.123. The molecule has 0 bridgehead atoms. The van der Waals surface area contributed by atoms with Crippen LogP contribution in [0.3, 0.4) is 0 Å². The van der Waals surface area contributed by atoms with Gasteiger partial charge in [-0.3, -0.25) is 9.59 Å². The number of nitrogens with zero attached hydrogens (tertiary/aromatic N) is 2. The quantitative estimate of drug-likeness (QED) is 0.327. The predicted octanol–water partition coefficient (Wildman–Crippen LogP) is 4.10. The molecule has 2 N–H and O–H groups in total. The first-order valence-corrected chi connectivity index (χ1v) is 11.0. The molecular weight excluding hydrogens is 392 g/mol. The Labute approximate surface area is 173 Å². The Kier molecular flexibility index (Phi) is 9.57. The normalized spacial score (nSPS) is 11.4. The van der Waals surface area contributed by atoms with E-state index in [1.54, 1.807) is 35.1 Å². The van der Waals surface area contributed by atoms with Gasteiger partial charge in [-0.15, -0.1) is 22.7 Å². The van der Waals surface area contributed by atoms with E-state index in [4.69, 9.17) is 0 Å². The fourth-order valence-corrected chi connectivity index (χ4v) is 3.98. The van der Waals surface area contributed by atoms with Gasteiger partial charge in [-0.1, -0.05) is 13.8 Å². The lowest BCUT2D eigenvalue weighted by Gasteiger charge is -2.00. The van der Waals surface area contributed by atoms with Gasteiger partial charge < -0.3 is 0 Å². The summed E-state index contributed by atoms with van der Waals surface area (Å²) in [5.74, 6) is -0.294. The first-order valence-electron chi connectivity index (χ1n) is 9.42. The lowest BCUT2D eigenvalue weighted by atomic mass is 10.2. The first kappa shape index (κ1) is 22.0. The number of unbranched alkanes of at least 4 members (excludes halogenated alkanes) is 1. The predicted molar refractivity (Wildman–Crippen MR) is 117 cm³/mol. The van der Waals surface area contributed by atoms with Crippen LogP contribution in [0.25, 0.3) is 0 Å². The first-order chi connectivity index (χ1) is 13.6. The minimum absolute atomic E-state index is 0.147. The summed E-state index contributed by atoms with van der Waals surface area (Å²) in [7, 11) is 0. The van der Waals surface area contributed by atoms with E-state index >= 15 is 0 Å². The van der Waals surface area contributed by atoms with Crippen molar-refractivity contribution in [2.75, 3.05) is 0 Å². The topological polar surface area (TPSA) is 82.9 Å². The molecular formula is C20H26N4O2S2. The molecule has 150 valence electrons. The summed E-state index contributed by atoms with van der Waals surface area (Å²) in [6, 6.07) is 8.10. The summed E-state index contributed by atoms with van der Waals surface area (Å²) in [5, 5.41) is 7.94. The second-order valence-corrected chi connectivity index (χ2v) is 8.51. The number of amides is 2. The van der Waals surface area contributed by atoms with Crippen molar-refractivity contribution in [3.63, 3.8) is 0 Å². The Morgan fingerprint density at radius 3 is 1.61 bits per heavy atom. The summed E-state index contributed by atoms with van der Waals surface area (Å²) in [6.45, 7) is 4.21. The third kappa shape index (κ3) is 8.14. The second-order valence-electron chi connectivity index (χ2n) is 6.11. The molecule has 0 saturated heterocycles. The molecule has 0 aliphatic heterocycles. The van der Waals surface area contributed by atoms with Gasteiger partial charge in [-0.05, 0) is 49.9 Å². The summed E-state index contributed by atoms with van der Waals surface area (Å²) >= 11 is 3.32. The molecule has 2 rings (SSSR count). The van der Waals surface area contributed by atoms with Gasteiger partial charge in [0.15, 0.2) is 0 Å². The van der Waals surface area contributed by atoms with E-state index in [0.717, 1.165) is 22.6 Å². The Morgan fingerprint density at radius 1 is 0.821 bits per heavy atom. The van der Waals surface area contributed by atoms with Gasteiger partial charge in [-0.2, -0.15) is 10.2 Å². The van der Waals surface area contributed by atoms with Crippen LogP contribution in [0, 0.1) is 0 Å². The highest BCUT2D eigenvalue weighted by molar-refractivity contribution is 7.14. The van der Waals surface area contributed by atoms with Crippen LogP contribution in [-0.4, -0.2) is 24.2 Å². The van der Waals surface area contributed by atoms with Crippen LogP contribution in [0.4, 0.5) is 0 Å². The fraction of sp³-hybridized carbons (Fsp3) is 0.400. The number of carbonyl (C=O) groups excluding carboxylic acids is 2. The third-order valence-corrected chi connectivity index (χ3v) is 6.21. The number of thiophene rings is 2. The number of hydrazone groups is 2. The summed E-state index contributed by atoms with van der Waals surface area (Å²) < 4.78 is 0. The molecule has 6 nitrogen and oxygen atoms in total. The van der Waals surface area contributed by atoms with Gasteiger partial charge in [0.1, 0.15) is 0 Å². The molecule has 2 amide bonds. The molecule has 8 heteroatoms. The van der Waals surface area contributed by atoms with Crippen LogP contribution in [0.15, 0.2) is 34.5 Å². The van der Waals surface area contributed by atoms with E-state index in [1.807, 2.05) is 12.1 Å². The number of carbonyl (C=O) groups is 2. The average molecular weight is 419 g/mol. The van der Waals surface area contributed by atoms with Crippen molar-refractivity contribution >= 4 is 46.9 Å². The van der Waals surface area contributed by atoms with Crippen LogP contribution in [0.1, 0.15) is 59.0 Å². The fourth-order valence-electron chi connectivity index (χ4n) is 2.33. The molecule has 0 fully saturated rings. The largest absolute Gasteiger partial charge is 0.273 e. The molecule has 0 aliphatic carbocycles. The van der Waals surface area contributed by atoms with Crippen LogP contribution in [-0.2, 0) is 22.4 Å². The van der Waals surface area contributed by atoms with Crippen LogP contribution < -0.4 is 10.9 Å². The van der Waals surface area contributed by atoms with Gasteiger partial charge in [-0.25, -0.2) is 10.9 Å². The maximum atomic E-state index is 11.8. The van der Waals surface area contributed by atoms with Gasteiger partial charge in [0.2, 0.25) is 11.8 Å². The minimum atomic E-state index is -0.147. The number of hydrogen-bond donors (Lipinski definition) is 2. The maximum absolute atomic E-state index is 11.8. The van der Waals surface area contributed by atoms with Crippen molar-refractivity contribution in [2.24, 2.45) is 10.2 Å². The van der Waals surface area contributed by atoms with E-state index in [-0.39, 0.29) is 11.8 Å². The van der Waals surface area contributed by atoms with E-state index in [2.05, 4.69) is 47.0 Å². The highest BCUT2D eigenvalue weighted by atomic mass is 32.1. The Hall–Kier alpha value is -2.32. The lowest BCUT2D eigenvalue weighted by Crippen LogP contribution is -2.18. The number of nitrogens with one attached hydrogen (secondary N) is 2. The highest BCUT2D eigenvalue weighted by Gasteiger charge is 2.03. The Balaban J connectivity index is 1.55. The average Bonchev–Trinajstić information content (AvgIpc) is 3.34. The van der Waals surface area contributed by atoms with Crippen LogP contribution in [0.2, 0.25) is 0 Å². The highest BCUT2D eigenvalue weighted by Crippen LogP contribution is 2.15. The van der Waals surface area contributed by atoms with E-state index < -0.39 is 0 Å². The monoisotopic (exact) mass is 418 g/mol. The standard InChI is InChI=1S/C20H26N4O2S2/c1-3-15-9-11-17(27-15)13-21-23-19(25)7-5-6-8-20(26)24-22-14-18-12-10-16(4-2)28-18/h9-14H,3-8H2,1-2H3,(H,23,25)(H,24,26). The van der Waals surface area contributed by atoms with Crippen molar-refractivity contribution in [2.45, 2.75) is 52.4 Å². The third-order valence-electron chi connectivity index (χ3n) is 3.88. The molecule has 0 atom stereocenters. The molecule has 2 aromatic heterocycles. The van der Waals surface area contributed by atoms with Crippen LogP contribution >= 0.6 is 22.7 Å². The maximum Gasteiger partial charge on any atom is 0.240 e. The molecule has 0 aromatic carbocycles. The molecule has 2 aromatic rings. The zero-order chi connectivity index (χ0) is 20.2. The molecule has 0 radical (unpaired) electrons. The van der Waals surface area contributed by atoms with Crippen molar-refractivity contribution < 1.29 is 9.59 Å². The van der Waals surface area contributed by atoms with Crippen molar-refractivity contribution in [1.82, 2.24) is 10.9 Å². The molecule has 28 heavy (non-hydrogen) atoms. The molecule has 0 spiro atoms. The molecule has 0 aliphatic rings. The van der Waals surface area contributed by atoms with Gasteiger partial charge in [0.05, 0.1) is 12.4 Å². The SMILES string of the molecule is CCc1ccc(C=NNC(=O)CCCCC(=O)NN=Cc2ccc(CC)s2)s1. The van der Waals surface area contributed by atoms with E-state index in [0.29, 0.717) is 25.7 Å². The number of hydrogen-bond acceptors (Lipinski definition) is 6. The molecule has 2 heterocycles. The van der Waals surface area contributed by atoms with Crippen molar-refractivity contribution in [1.29, 1.82) is 0 Å². The summed E-state index contributed by atoms with van der Waals surface area (Å²) in [6.07, 6.45) is 7.25.